The number of thiophene rings is 1. The smallest absolute Gasteiger partial charge is 0.267 e. The van der Waals surface area contributed by atoms with Crippen molar-refractivity contribution >= 4 is 56.5 Å². The fourth-order valence-corrected chi connectivity index (χ4v) is 5.09. The maximum Gasteiger partial charge on any atom is 0.267 e. The Labute approximate surface area is 193 Å². The van der Waals surface area contributed by atoms with Gasteiger partial charge in [-0.25, -0.2) is 4.98 Å². The highest BCUT2D eigenvalue weighted by atomic mass is 35.5. The number of amides is 1. The van der Waals surface area contributed by atoms with Crippen LogP contribution >= 0.6 is 34.7 Å². The van der Waals surface area contributed by atoms with Gasteiger partial charge in [0.25, 0.3) is 5.56 Å². The van der Waals surface area contributed by atoms with Gasteiger partial charge in [0.1, 0.15) is 4.83 Å². The van der Waals surface area contributed by atoms with Gasteiger partial charge in [0.05, 0.1) is 16.8 Å². The van der Waals surface area contributed by atoms with Crippen LogP contribution in [0.2, 0.25) is 5.02 Å². The van der Waals surface area contributed by atoms with Crippen molar-refractivity contribution in [1.82, 2.24) is 9.55 Å². The van der Waals surface area contributed by atoms with Gasteiger partial charge in [-0.05, 0) is 49.2 Å². The quantitative estimate of drug-likeness (QED) is 0.290. The van der Waals surface area contributed by atoms with Gasteiger partial charge in [-0.2, -0.15) is 0 Å². The zero-order chi connectivity index (χ0) is 22.0. The first-order valence-corrected chi connectivity index (χ1v) is 11.9. The van der Waals surface area contributed by atoms with Crippen molar-refractivity contribution in [2.24, 2.45) is 0 Å². The van der Waals surface area contributed by atoms with E-state index in [2.05, 4.69) is 12.2 Å². The lowest BCUT2D eigenvalue weighted by atomic mass is 10.2. The summed E-state index contributed by atoms with van der Waals surface area (Å²) in [5, 5.41) is 4.54. The molecule has 31 heavy (non-hydrogen) atoms. The lowest BCUT2D eigenvalue weighted by molar-refractivity contribution is -0.113. The third-order valence-corrected chi connectivity index (χ3v) is 7.26. The fourth-order valence-electron chi connectivity index (χ4n) is 3.09. The molecular formula is C23H20ClN3O2S2. The number of benzene rings is 2. The molecule has 0 unspecified atom stereocenters. The highest BCUT2D eigenvalue weighted by molar-refractivity contribution is 7.99. The monoisotopic (exact) mass is 469 g/mol. The molecular weight excluding hydrogens is 450 g/mol. The van der Waals surface area contributed by atoms with E-state index in [0.29, 0.717) is 26.1 Å². The topological polar surface area (TPSA) is 64.0 Å². The van der Waals surface area contributed by atoms with Crippen molar-refractivity contribution in [1.29, 1.82) is 0 Å². The molecule has 0 atom stereocenters. The number of aromatic nitrogens is 2. The maximum absolute atomic E-state index is 13.3. The van der Waals surface area contributed by atoms with E-state index in [-0.39, 0.29) is 17.2 Å². The first kappa shape index (κ1) is 21.6. The van der Waals surface area contributed by atoms with Gasteiger partial charge in [0, 0.05) is 15.6 Å². The number of nitrogens with zero attached hydrogens (tertiary/aromatic N) is 2. The van der Waals surface area contributed by atoms with Crippen LogP contribution in [0.25, 0.3) is 15.9 Å². The highest BCUT2D eigenvalue weighted by Gasteiger charge is 2.17. The molecule has 0 fully saturated rings. The Hall–Kier alpha value is -2.61. The number of anilines is 1. The molecule has 8 heteroatoms. The second-order valence-electron chi connectivity index (χ2n) is 6.96. The molecule has 0 spiro atoms. The Balaban J connectivity index is 1.65. The molecule has 0 saturated heterocycles. The largest absolute Gasteiger partial charge is 0.325 e. The number of rotatable bonds is 6. The minimum Gasteiger partial charge on any atom is -0.325 e. The fraction of sp³-hybridized carbons (Fsp3) is 0.174. The third-order valence-electron chi connectivity index (χ3n) is 4.74. The predicted molar refractivity (Wildman–Crippen MR) is 130 cm³/mol. The molecule has 5 nitrogen and oxygen atoms in total. The molecule has 0 aliphatic heterocycles. The van der Waals surface area contributed by atoms with Crippen LogP contribution in [0.1, 0.15) is 17.4 Å². The normalized spacial score (nSPS) is 11.1. The molecule has 1 N–H and O–H groups in total. The Morgan fingerprint density at radius 3 is 2.68 bits per heavy atom. The van der Waals surface area contributed by atoms with E-state index in [1.165, 1.54) is 23.1 Å². The number of carbonyl (C=O) groups is 1. The van der Waals surface area contributed by atoms with E-state index in [1.807, 2.05) is 55.5 Å². The average molecular weight is 470 g/mol. The van der Waals surface area contributed by atoms with E-state index in [4.69, 9.17) is 16.6 Å². The summed E-state index contributed by atoms with van der Waals surface area (Å²) in [5.74, 6) is -0.0817. The molecule has 4 rings (SSSR count). The Bertz CT molecular complexity index is 1320. The number of halogens is 1. The zero-order valence-electron chi connectivity index (χ0n) is 17.0. The maximum atomic E-state index is 13.3. The number of aryl methyl sites for hydroxylation is 2. The van der Waals surface area contributed by atoms with Gasteiger partial charge in [-0.15, -0.1) is 11.3 Å². The van der Waals surface area contributed by atoms with E-state index in [1.54, 1.807) is 10.6 Å². The van der Waals surface area contributed by atoms with Crippen molar-refractivity contribution in [2.45, 2.75) is 25.4 Å². The van der Waals surface area contributed by atoms with E-state index >= 15 is 0 Å². The number of hydrogen-bond acceptors (Lipinski definition) is 5. The van der Waals surface area contributed by atoms with Crippen LogP contribution in [0, 0.1) is 6.92 Å². The predicted octanol–water partition coefficient (Wildman–Crippen LogP) is 5.70. The molecule has 2 aromatic heterocycles. The van der Waals surface area contributed by atoms with Crippen molar-refractivity contribution < 1.29 is 4.79 Å². The minimum atomic E-state index is -0.195. The van der Waals surface area contributed by atoms with Gasteiger partial charge in [0.15, 0.2) is 5.16 Å². The third kappa shape index (κ3) is 4.69. The van der Waals surface area contributed by atoms with Gasteiger partial charge in [0.2, 0.25) is 5.91 Å². The molecule has 0 bridgehead atoms. The summed E-state index contributed by atoms with van der Waals surface area (Å²) in [7, 11) is 0. The summed E-state index contributed by atoms with van der Waals surface area (Å²) in [6, 6.07) is 16.7. The van der Waals surface area contributed by atoms with Crippen LogP contribution in [0.5, 0.6) is 0 Å². The van der Waals surface area contributed by atoms with Crippen LogP contribution in [0.15, 0.2) is 64.5 Å². The van der Waals surface area contributed by atoms with E-state index in [9.17, 15) is 9.59 Å². The number of para-hydroxylation sites is 1. The molecule has 4 aromatic rings. The molecule has 158 valence electrons. The lowest BCUT2D eigenvalue weighted by Gasteiger charge is -2.12. The molecule has 2 aromatic carbocycles. The minimum absolute atomic E-state index is 0.113. The summed E-state index contributed by atoms with van der Waals surface area (Å²) in [4.78, 5) is 32.4. The number of nitrogens with one attached hydrogen (secondary N) is 1. The Kier molecular flexibility index (Phi) is 6.46. The van der Waals surface area contributed by atoms with Crippen LogP contribution in [0.4, 0.5) is 5.69 Å². The highest BCUT2D eigenvalue weighted by Crippen LogP contribution is 2.27. The summed E-state index contributed by atoms with van der Waals surface area (Å²) in [6.45, 7) is 3.96. The van der Waals surface area contributed by atoms with Crippen molar-refractivity contribution in [3.8, 4) is 5.69 Å². The van der Waals surface area contributed by atoms with Gasteiger partial charge < -0.3 is 5.32 Å². The van der Waals surface area contributed by atoms with Crippen molar-refractivity contribution in [3.05, 3.63) is 80.4 Å². The van der Waals surface area contributed by atoms with Gasteiger partial charge >= 0.3 is 0 Å². The first-order valence-electron chi connectivity index (χ1n) is 9.76. The Morgan fingerprint density at radius 1 is 1.19 bits per heavy atom. The molecule has 1 amide bonds. The SMILES string of the molecule is CCc1cc2c(=O)n(-c3ccccc3)c(SCC(=O)Nc3ccc(C)c(Cl)c3)nc2s1. The molecule has 0 aliphatic carbocycles. The lowest BCUT2D eigenvalue weighted by Crippen LogP contribution is -2.22. The van der Waals surface area contributed by atoms with Crippen LogP contribution < -0.4 is 10.9 Å². The summed E-state index contributed by atoms with van der Waals surface area (Å²) in [6.07, 6.45) is 0.843. The molecule has 0 saturated carbocycles. The standard InChI is InChI=1S/C23H20ClN3O2S2/c1-3-17-12-18-21(31-17)26-23(27(22(18)29)16-7-5-4-6-8-16)30-13-20(28)25-15-10-9-14(2)19(24)11-15/h4-12H,3,13H2,1-2H3,(H,25,28). The first-order chi connectivity index (χ1) is 15.0. The Morgan fingerprint density at radius 2 is 1.97 bits per heavy atom. The van der Waals surface area contributed by atoms with Gasteiger partial charge in [-0.1, -0.05) is 54.6 Å². The van der Waals surface area contributed by atoms with E-state index < -0.39 is 0 Å². The number of hydrogen-bond donors (Lipinski definition) is 1. The van der Waals surface area contributed by atoms with Crippen LogP contribution in [-0.2, 0) is 11.2 Å². The average Bonchev–Trinajstić information content (AvgIpc) is 3.19. The molecule has 2 heterocycles. The van der Waals surface area contributed by atoms with Gasteiger partial charge in [-0.3, -0.25) is 14.2 Å². The second-order valence-corrected chi connectivity index (χ2v) is 9.42. The van der Waals surface area contributed by atoms with E-state index in [0.717, 1.165) is 22.5 Å². The summed E-state index contributed by atoms with van der Waals surface area (Å²) >= 11 is 8.89. The van der Waals surface area contributed by atoms with Crippen LogP contribution in [0.3, 0.4) is 0 Å². The molecule has 0 radical (unpaired) electrons. The molecule has 0 aliphatic rings. The number of carbonyl (C=O) groups excluding carboxylic acids is 1. The van der Waals surface area contributed by atoms with Crippen molar-refractivity contribution in [2.75, 3.05) is 11.1 Å². The second kappa shape index (κ2) is 9.26. The van der Waals surface area contributed by atoms with Crippen molar-refractivity contribution in [3.63, 3.8) is 0 Å². The zero-order valence-corrected chi connectivity index (χ0v) is 19.4. The summed E-state index contributed by atoms with van der Waals surface area (Å²) in [5.41, 5.74) is 2.18. The van der Waals surface area contributed by atoms with Crippen LogP contribution in [-0.4, -0.2) is 21.2 Å². The summed E-state index contributed by atoms with van der Waals surface area (Å²) < 4.78 is 1.58. The number of thioether (sulfide) groups is 1. The number of fused-ring (bicyclic) bond motifs is 1.